The van der Waals surface area contributed by atoms with Crippen LogP contribution in [0.25, 0.3) is 0 Å². The van der Waals surface area contributed by atoms with Gasteiger partial charge in [-0.05, 0) is 24.7 Å². The quantitative estimate of drug-likeness (QED) is 0.700. The topological polar surface area (TPSA) is 84.2 Å². The van der Waals surface area contributed by atoms with E-state index in [1.54, 1.807) is 7.05 Å². The minimum Gasteiger partial charge on any atom is -0.368 e. The van der Waals surface area contributed by atoms with Gasteiger partial charge in [-0.25, -0.2) is 0 Å². The molecule has 98 valence electrons. The molecule has 1 aromatic rings. The summed E-state index contributed by atoms with van der Waals surface area (Å²) in [6, 6.07) is 6.83. The Bertz CT molecular complexity index is 420. The molecule has 1 atom stereocenters. The first-order valence-corrected chi connectivity index (χ1v) is 6.30. The Morgan fingerprint density at radius 2 is 1.94 bits per heavy atom. The molecular weight excluding hydrogens is 298 g/mol. The molecule has 0 bridgehead atoms. The van der Waals surface area contributed by atoms with Crippen LogP contribution in [0.15, 0.2) is 28.7 Å². The third-order valence-corrected chi connectivity index (χ3v) is 2.90. The summed E-state index contributed by atoms with van der Waals surface area (Å²) in [7, 11) is 1.66. The number of primary amides is 1. The Hall–Kier alpha value is -1.40. The fraction of sp³-hybridized carbons (Fsp3) is 0.333. The van der Waals surface area contributed by atoms with Gasteiger partial charge in [0.1, 0.15) is 6.04 Å². The van der Waals surface area contributed by atoms with Gasteiger partial charge >= 0.3 is 0 Å². The van der Waals surface area contributed by atoms with Crippen LogP contribution in [0.5, 0.6) is 0 Å². The van der Waals surface area contributed by atoms with E-state index in [0.29, 0.717) is 6.42 Å². The number of benzene rings is 1. The molecule has 0 unspecified atom stereocenters. The molecule has 0 aliphatic rings. The summed E-state index contributed by atoms with van der Waals surface area (Å²) in [6.45, 7) is 0.157. The Kier molecular flexibility index (Phi) is 5.80. The summed E-state index contributed by atoms with van der Waals surface area (Å²) in [5, 5.41) is 5.31. The second-order valence-electron chi connectivity index (χ2n) is 3.88. The van der Waals surface area contributed by atoms with Gasteiger partial charge in [-0.3, -0.25) is 9.59 Å². The third kappa shape index (κ3) is 4.85. The van der Waals surface area contributed by atoms with Crippen LogP contribution in [0.1, 0.15) is 5.56 Å². The highest BCUT2D eigenvalue weighted by molar-refractivity contribution is 9.10. The molecule has 1 rings (SSSR count). The number of rotatable bonds is 6. The zero-order valence-electron chi connectivity index (χ0n) is 10.1. The van der Waals surface area contributed by atoms with E-state index in [1.165, 1.54) is 0 Å². The Labute approximate surface area is 114 Å². The number of amides is 2. The molecule has 4 N–H and O–H groups in total. The van der Waals surface area contributed by atoms with Crippen molar-refractivity contribution in [3.8, 4) is 0 Å². The normalized spacial score (nSPS) is 11.9. The van der Waals surface area contributed by atoms with Gasteiger partial charge in [-0.15, -0.1) is 0 Å². The molecule has 0 radical (unpaired) electrons. The highest BCUT2D eigenvalue weighted by atomic mass is 79.9. The summed E-state index contributed by atoms with van der Waals surface area (Å²) in [4.78, 5) is 22.7. The zero-order valence-corrected chi connectivity index (χ0v) is 11.7. The van der Waals surface area contributed by atoms with Crippen molar-refractivity contribution in [3.05, 3.63) is 34.3 Å². The van der Waals surface area contributed by atoms with Crippen LogP contribution in [-0.4, -0.2) is 31.4 Å². The minimum absolute atomic E-state index is 0.157. The van der Waals surface area contributed by atoms with Gasteiger partial charge in [-0.2, -0.15) is 0 Å². The van der Waals surface area contributed by atoms with Gasteiger partial charge in [0.15, 0.2) is 0 Å². The number of carbonyl (C=O) groups is 2. The summed E-state index contributed by atoms with van der Waals surface area (Å²) >= 11 is 3.33. The first kappa shape index (κ1) is 14.7. The Morgan fingerprint density at radius 1 is 1.33 bits per heavy atom. The molecule has 0 aliphatic heterocycles. The number of hydrogen-bond acceptors (Lipinski definition) is 3. The van der Waals surface area contributed by atoms with Crippen molar-refractivity contribution in [1.82, 2.24) is 10.6 Å². The van der Waals surface area contributed by atoms with Crippen molar-refractivity contribution in [2.75, 3.05) is 13.6 Å². The second-order valence-corrected chi connectivity index (χ2v) is 4.80. The molecule has 1 aromatic carbocycles. The fourth-order valence-corrected chi connectivity index (χ4v) is 1.75. The van der Waals surface area contributed by atoms with E-state index in [9.17, 15) is 9.59 Å². The molecule has 18 heavy (non-hydrogen) atoms. The highest BCUT2D eigenvalue weighted by Gasteiger charge is 2.17. The van der Waals surface area contributed by atoms with Crippen molar-refractivity contribution in [2.45, 2.75) is 12.5 Å². The van der Waals surface area contributed by atoms with Crippen LogP contribution >= 0.6 is 15.9 Å². The average Bonchev–Trinajstić information content (AvgIpc) is 2.31. The summed E-state index contributed by atoms with van der Waals surface area (Å²) in [5.41, 5.74) is 6.21. The molecule has 0 heterocycles. The van der Waals surface area contributed by atoms with Crippen LogP contribution in [-0.2, 0) is 16.0 Å². The minimum atomic E-state index is -0.688. The first-order chi connectivity index (χ1) is 8.52. The smallest absolute Gasteiger partial charge is 0.240 e. The van der Waals surface area contributed by atoms with Crippen molar-refractivity contribution >= 4 is 27.7 Å². The average molecular weight is 314 g/mol. The van der Waals surface area contributed by atoms with Crippen LogP contribution in [0.3, 0.4) is 0 Å². The van der Waals surface area contributed by atoms with Gasteiger partial charge in [0.2, 0.25) is 11.8 Å². The van der Waals surface area contributed by atoms with E-state index in [2.05, 4.69) is 26.6 Å². The molecule has 0 spiro atoms. The van der Waals surface area contributed by atoms with Gasteiger partial charge in [0.05, 0.1) is 6.54 Å². The number of hydrogen-bond donors (Lipinski definition) is 3. The van der Waals surface area contributed by atoms with E-state index in [4.69, 9.17) is 5.73 Å². The van der Waals surface area contributed by atoms with Gasteiger partial charge < -0.3 is 16.4 Å². The lowest BCUT2D eigenvalue weighted by molar-refractivity contribution is -0.126. The van der Waals surface area contributed by atoms with Crippen molar-refractivity contribution in [3.63, 3.8) is 0 Å². The maximum atomic E-state index is 11.4. The first-order valence-electron chi connectivity index (χ1n) is 5.50. The molecule has 0 fully saturated rings. The predicted molar refractivity (Wildman–Crippen MR) is 72.9 cm³/mol. The van der Waals surface area contributed by atoms with Crippen molar-refractivity contribution in [2.24, 2.45) is 5.73 Å². The van der Waals surface area contributed by atoms with Gasteiger partial charge in [-0.1, -0.05) is 28.1 Å². The van der Waals surface area contributed by atoms with Gasteiger partial charge in [0, 0.05) is 10.9 Å². The monoisotopic (exact) mass is 313 g/mol. The SMILES string of the molecule is CNCC(=O)N[C@H](Cc1ccc(Br)cc1)C(N)=O. The lowest BCUT2D eigenvalue weighted by Crippen LogP contribution is -2.48. The van der Waals surface area contributed by atoms with E-state index >= 15 is 0 Å². The van der Waals surface area contributed by atoms with Crippen LogP contribution < -0.4 is 16.4 Å². The van der Waals surface area contributed by atoms with E-state index in [1.807, 2.05) is 24.3 Å². The number of carbonyl (C=O) groups excluding carboxylic acids is 2. The lowest BCUT2D eigenvalue weighted by atomic mass is 10.1. The fourth-order valence-electron chi connectivity index (χ4n) is 1.48. The van der Waals surface area contributed by atoms with E-state index < -0.39 is 11.9 Å². The number of nitrogens with two attached hydrogens (primary N) is 1. The predicted octanol–water partition coefficient (Wildman–Crippen LogP) is 0.181. The summed E-state index contributed by atoms with van der Waals surface area (Å²) in [6.07, 6.45) is 0.387. The van der Waals surface area contributed by atoms with Crippen LogP contribution in [0.2, 0.25) is 0 Å². The molecule has 5 nitrogen and oxygen atoms in total. The standard InChI is InChI=1S/C12H16BrN3O2/c1-15-7-11(17)16-10(12(14)18)6-8-2-4-9(13)5-3-8/h2-5,10,15H,6-7H2,1H3,(H2,14,18)(H,16,17)/t10-/m1/s1. The van der Waals surface area contributed by atoms with Crippen LogP contribution in [0, 0.1) is 0 Å². The van der Waals surface area contributed by atoms with E-state index in [-0.39, 0.29) is 12.5 Å². The molecule has 6 heteroatoms. The maximum absolute atomic E-state index is 11.4. The number of nitrogens with one attached hydrogen (secondary N) is 2. The molecule has 0 saturated carbocycles. The summed E-state index contributed by atoms with van der Waals surface area (Å²) < 4.78 is 0.959. The Balaban J connectivity index is 2.65. The maximum Gasteiger partial charge on any atom is 0.240 e. The molecular formula is C12H16BrN3O2. The lowest BCUT2D eigenvalue weighted by Gasteiger charge is -2.15. The van der Waals surface area contributed by atoms with Gasteiger partial charge in [0.25, 0.3) is 0 Å². The van der Waals surface area contributed by atoms with Crippen molar-refractivity contribution < 1.29 is 9.59 Å². The number of likely N-dealkylation sites (N-methyl/N-ethyl adjacent to an activating group) is 1. The van der Waals surface area contributed by atoms with E-state index in [0.717, 1.165) is 10.0 Å². The second kappa shape index (κ2) is 7.13. The molecule has 0 aromatic heterocycles. The molecule has 0 aliphatic carbocycles. The number of halogens is 1. The zero-order chi connectivity index (χ0) is 13.5. The van der Waals surface area contributed by atoms with Crippen LogP contribution in [0.4, 0.5) is 0 Å². The largest absolute Gasteiger partial charge is 0.368 e. The van der Waals surface area contributed by atoms with Crippen molar-refractivity contribution in [1.29, 1.82) is 0 Å². The summed E-state index contributed by atoms with van der Waals surface area (Å²) in [5.74, 6) is -0.791. The molecule has 0 saturated heterocycles. The third-order valence-electron chi connectivity index (χ3n) is 2.37. The molecule has 2 amide bonds. The Morgan fingerprint density at radius 3 is 2.44 bits per heavy atom. The highest BCUT2D eigenvalue weighted by Crippen LogP contribution is 2.11.